The van der Waals surface area contributed by atoms with Crippen LogP contribution in [0.1, 0.15) is 5.56 Å². The van der Waals surface area contributed by atoms with Crippen molar-refractivity contribution >= 4 is 22.6 Å². The summed E-state index contributed by atoms with van der Waals surface area (Å²) in [7, 11) is 0. The van der Waals surface area contributed by atoms with E-state index in [9.17, 15) is 22.0 Å². The summed E-state index contributed by atoms with van der Waals surface area (Å²) in [6, 6.07) is 4.60. The third-order valence-corrected chi connectivity index (χ3v) is 3.54. The highest BCUT2D eigenvalue weighted by atomic mass is 127. The first-order valence-electron chi connectivity index (χ1n) is 5.12. The number of hydrogen-bond donors (Lipinski definition) is 0. The molecule has 2 aromatic carbocycles. The van der Waals surface area contributed by atoms with Crippen molar-refractivity contribution < 1.29 is 22.0 Å². The monoisotopic (exact) mass is 384 g/mol. The lowest BCUT2D eigenvalue weighted by Crippen LogP contribution is -2.04. The van der Waals surface area contributed by atoms with Crippen LogP contribution in [0.2, 0.25) is 0 Å². The Balaban J connectivity index is 2.87. The molecule has 0 aliphatic heterocycles. The summed E-state index contributed by atoms with van der Waals surface area (Å²) in [4.78, 5) is 0. The Kier molecular flexibility index (Phi) is 3.80. The van der Waals surface area contributed by atoms with Gasteiger partial charge in [0.2, 0.25) is 5.82 Å². The molecule has 2 rings (SSSR count). The third-order valence-electron chi connectivity index (χ3n) is 2.60. The summed E-state index contributed by atoms with van der Waals surface area (Å²) in [5, 5.41) is 0. The van der Waals surface area contributed by atoms with E-state index in [2.05, 4.69) is 0 Å². The Morgan fingerprint density at radius 3 is 1.79 bits per heavy atom. The zero-order chi connectivity index (χ0) is 14.3. The van der Waals surface area contributed by atoms with Crippen molar-refractivity contribution in [2.75, 3.05) is 0 Å². The highest BCUT2D eigenvalue weighted by Gasteiger charge is 2.27. The van der Waals surface area contributed by atoms with Crippen LogP contribution in [0.3, 0.4) is 0 Å². The van der Waals surface area contributed by atoms with Crippen LogP contribution >= 0.6 is 22.6 Å². The molecule has 0 spiro atoms. The van der Waals surface area contributed by atoms with E-state index in [0.717, 1.165) is 0 Å². The average molecular weight is 384 g/mol. The number of rotatable bonds is 1. The van der Waals surface area contributed by atoms with E-state index in [-0.39, 0.29) is 5.56 Å². The molecule has 19 heavy (non-hydrogen) atoms. The molecule has 0 saturated heterocycles. The maximum absolute atomic E-state index is 13.7. The SMILES string of the molecule is Cc1ccc(I)c(-c2c(F)c(F)c(F)c(F)c2F)c1. The Morgan fingerprint density at radius 2 is 1.26 bits per heavy atom. The molecule has 0 N–H and O–H groups in total. The van der Waals surface area contributed by atoms with Gasteiger partial charge in [0, 0.05) is 9.13 Å². The van der Waals surface area contributed by atoms with Gasteiger partial charge in [-0.25, -0.2) is 22.0 Å². The van der Waals surface area contributed by atoms with Crippen LogP contribution in [-0.2, 0) is 0 Å². The zero-order valence-electron chi connectivity index (χ0n) is 9.50. The lowest BCUT2D eigenvalue weighted by Gasteiger charge is -2.10. The molecule has 0 bridgehead atoms. The maximum atomic E-state index is 13.7. The van der Waals surface area contributed by atoms with Crippen molar-refractivity contribution in [3.63, 3.8) is 0 Å². The van der Waals surface area contributed by atoms with Crippen LogP contribution in [-0.4, -0.2) is 0 Å². The standard InChI is InChI=1S/C13H6F5I/c1-5-2-3-7(19)6(4-5)8-9(14)11(16)13(18)12(17)10(8)15/h2-4H,1H3. The van der Waals surface area contributed by atoms with E-state index < -0.39 is 34.6 Å². The Morgan fingerprint density at radius 1 is 0.789 bits per heavy atom. The van der Waals surface area contributed by atoms with Crippen molar-refractivity contribution in [2.24, 2.45) is 0 Å². The summed E-state index contributed by atoms with van der Waals surface area (Å²) in [6.07, 6.45) is 0. The van der Waals surface area contributed by atoms with Gasteiger partial charge < -0.3 is 0 Å². The summed E-state index contributed by atoms with van der Waals surface area (Å²) in [5.74, 6) is -9.67. The van der Waals surface area contributed by atoms with Gasteiger partial charge in [-0.2, -0.15) is 0 Å². The second-order valence-corrected chi connectivity index (χ2v) is 5.09. The molecule has 6 heteroatoms. The van der Waals surface area contributed by atoms with Crippen molar-refractivity contribution in [1.29, 1.82) is 0 Å². The third kappa shape index (κ3) is 2.33. The van der Waals surface area contributed by atoms with Gasteiger partial charge in [0.25, 0.3) is 0 Å². The van der Waals surface area contributed by atoms with E-state index in [0.29, 0.717) is 9.13 Å². The van der Waals surface area contributed by atoms with Crippen molar-refractivity contribution in [1.82, 2.24) is 0 Å². The largest absolute Gasteiger partial charge is 0.203 e. The lowest BCUT2D eigenvalue weighted by atomic mass is 10.0. The van der Waals surface area contributed by atoms with Gasteiger partial charge in [-0.3, -0.25) is 0 Å². The predicted octanol–water partition coefficient (Wildman–Crippen LogP) is 4.96. The first-order chi connectivity index (χ1) is 8.84. The molecule has 0 saturated carbocycles. The van der Waals surface area contributed by atoms with E-state index in [1.807, 2.05) is 0 Å². The zero-order valence-corrected chi connectivity index (χ0v) is 11.7. The molecule has 0 aromatic heterocycles. The Labute approximate surface area is 119 Å². The number of aryl methyl sites for hydroxylation is 1. The Bertz CT molecular complexity index is 638. The van der Waals surface area contributed by atoms with Crippen molar-refractivity contribution in [3.05, 3.63) is 56.4 Å². The second-order valence-electron chi connectivity index (χ2n) is 3.93. The van der Waals surface area contributed by atoms with Gasteiger partial charge in [0.05, 0.1) is 5.56 Å². The average Bonchev–Trinajstić information content (AvgIpc) is 2.38. The van der Waals surface area contributed by atoms with Crippen molar-refractivity contribution in [2.45, 2.75) is 6.92 Å². The highest BCUT2D eigenvalue weighted by Crippen LogP contribution is 2.34. The first kappa shape index (κ1) is 14.2. The van der Waals surface area contributed by atoms with Gasteiger partial charge >= 0.3 is 0 Å². The van der Waals surface area contributed by atoms with Crippen molar-refractivity contribution in [3.8, 4) is 11.1 Å². The minimum atomic E-state index is -2.15. The van der Waals surface area contributed by atoms with Crippen LogP contribution < -0.4 is 0 Å². The van der Waals surface area contributed by atoms with Crippen LogP contribution in [0.25, 0.3) is 11.1 Å². The van der Waals surface area contributed by atoms with Gasteiger partial charge in [-0.05, 0) is 35.6 Å². The fourth-order valence-corrected chi connectivity index (χ4v) is 2.28. The summed E-state index contributed by atoms with van der Waals surface area (Å²) in [5.41, 5.74) is -0.266. The van der Waals surface area contributed by atoms with Crippen LogP contribution in [0, 0.1) is 39.6 Å². The maximum Gasteiger partial charge on any atom is 0.200 e. The van der Waals surface area contributed by atoms with Crippen LogP contribution in [0.5, 0.6) is 0 Å². The van der Waals surface area contributed by atoms with E-state index >= 15 is 0 Å². The van der Waals surface area contributed by atoms with E-state index in [4.69, 9.17) is 0 Å². The first-order valence-corrected chi connectivity index (χ1v) is 6.20. The molecule has 100 valence electrons. The summed E-state index contributed by atoms with van der Waals surface area (Å²) >= 11 is 1.77. The molecule has 0 atom stereocenters. The quantitative estimate of drug-likeness (QED) is 0.282. The molecule has 2 aromatic rings. The molecule has 0 nitrogen and oxygen atoms in total. The van der Waals surface area contributed by atoms with E-state index in [1.165, 1.54) is 6.07 Å². The second kappa shape index (κ2) is 5.07. The molecule has 0 aliphatic rings. The number of halogens is 6. The predicted molar refractivity (Wildman–Crippen MR) is 69.1 cm³/mol. The van der Waals surface area contributed by atoms with Gasteiger partial charge in [-0.15, -0.1) is 0 Å². The molecule has 0 unspecified atom stereocenters. The van der Waals surface area contributed by atoms with E-state index in [1.54, 1.807) is 41.6 Å². The highest BCUT2D eigenvalue weighted by molar-refractivity contribution is 14.1. The Hall–Kier alpha value is -1.18. The lowest BCUT2D eigenvalue weighted by molar-refractivity contribution is 0.381. The van der Waals surface area contributed by atoms with Gasteiger partial charge in [0.1, 0.15) is 0 Å². The fourth-order valence-electron chi connectivity index (χ4n) is 1.67. The van der Waals surface area contributed by atoms with Gasteiger partial charge in [0.15, 0.2) is 23.3 Å². The molecule has 0 amide bonds. The molecular weight excluding hydrogens is 378 g/mol. The number of benzene rings is 2. The molecular formula is C13H6F5I. The minimum absolute atomic E-state index is 0.0200. The summed E-state index contributed by atoms with van der Waals surface area (Å²) < 4.78 is 67.0. The van der Waals surface area contributed by atoms with Gasteiger partial charge in [-0.1, -0.05) is 17.7 Å². The fraction of sp³-hybridized carbons (Fsp3) is 0.0769. The normalized spacial score (nSPS) is 10.9. The van der Waals surface area contributed by atoms with Crippen LogP contribution in [0.4, 0.5) is 22.0 Å². The molecule has 0 aliphatic carbocycles. The molecule has 0 radical (unpaired) electrons. The topological polar surface area (TPSA) is 0 Å². The van der Waals surface area contributed by atoms with Crippen LogP contribution in [0.15, 0.2) is 18.2 Å². The summed E-state index contributed by atoms with van der Waals surface area (Å²) in [6.45, 7) is 1.66. The molecule has 0 fully saturated rings. The molecule has 0 heterocycles. The minimum Gasteiger partial charge on any atom is -0.203 e. The smallest absolute Gasteiger partial charge is 0.200 e. The number of hydrogen-bond acceptors (Lipinski definition) is 0.